The summed E-state index contributed by atoms with van der Waals surface area (Å²) in [6.07, 6.45) is 5.54. The number of ether oxygens (including phenoxy) is 2. The van der Waals surface area contributed by atoms with Crippen LogP contribution in [0.1, 0.15) is 62.6 Å². The quantitative estimate of drug-likeness (QED) is 0.381. The highest BCUT2D eigenvalue weighted by Gasteiger charge is 2.40. The molecule has 35 heavy (non-hydrogen) atoms. The van der Waals surface area contributed by atoms with E-state index in [2.05, 4.69) is 15.4 Å². The van der Waals surface area contributed by atoms with Crippen molar-refractivity contribution in [1.29, 1.82) is 0 Å². The molecule has 0 bridgehead atoms. The Morgan fingerprint density at radius 3 is 2.34 bits per heavy atom. The molecule has 3 rings (SSSR count). The molecule has 186 valence electrons. The fourth-order valence-electron chi connectivity index (χ4n) is 3.70. The average molecular weight is 479 g/mol. The SMILES string of the molecule is COC(=O)/C=C/c1ccc(CCCC(=O)Nc2ccc([C@H]3CC3NC(=O)OC(C)(C)C)cc2)cc1. The maximum absolute atomic E-state index is 12.3. The average Bonchev–Trinajstić information content (AvgIpc) is 3.56. The van der Waals surface area contributed by atoms with Crippen LogP contribution in [0, 0.1) is 0 Å². The summed E-state index contributed by atoms with van der Waals surface area (Å²) in [4.78, 5) is 35.4. The zero-order valence-electron chi connectivity index (χ0n) is 20.8. The summed E-state index contributed by atoms with van der Waals surface area (Å²) >= 11 is 0. The van der Waals surface area contributed by atoms with Crippen LogP contribution in [0.25, 0.3) is 6.08 Å². The first kappa shape index (κ1) is 26.0. The third-order valence-corrected chi connectivity index (χ3v) is 5.58. The van der Waals surface area contributed by atoms with Crippen LogP contribution in [0.2, 0.25) is 0 Å². The van der Waals surface area contributed by atoms with Crippen LogP contribution in [0.4, 0.5) is 10.5 Å². The molecule has 7 nitrogen and oxygen atoms in total. The number of aryl methyl sites for hydroxylation is 1. The molecule has 2 N–H and O–H groups in total. The normalized spacial score (nSPS) is 17.0. The van der Waals surface area contributed by atoms with E-state index in [0.717, 1.165) is 41.6 Å². The second-order valence-electron chi connectivity index (χ2n) is 9.72. The molecule has 1 aliphatic rings. The largest absolute Gasteiger partial charge is 0.466 e. The van der Waals surface area contributed by atoms with Gasteiger partial charge in [0.05, 0.1) is 7.11 Å². The maximum atomic E-state index is 12.3. The zero-order valence-corrected chi connectivity index (χ0v) is 20.8. The number of hydrogen-bond acceptors (Lipinski definition) is 5. The summed E-state index contributed by atoms with van der Waals surface area (Å²) in [5.41, 5.74) is 3.44. The number of nitrogens with one attached hydrogen (secondary N) is 2. The number of alkyl carbamates (subject to hydrolysis) is 1. The van der Waals surface area contributed by atoms with Gasteiger partial charge < -0.3 is 20.1 Å². The minimum absolute atomic E-state index is 0.0220. The Morgan fingerprint density at radius 2 is 1.71 bits per heavy atom. The standard InChI is InChI=1S/C28H34N2O5/c1-28(2,3)35-27(33)30-24-18-23(24)21-13-15-22(16-14-21)29-25(31)7-5-6-19-8-10-20(11-9-19)12-17-26(32)34-4/h8-17,23-24H,5-7,18H2,1-4H3,(H,29,31)(H,30,33)/b17-12+/t23-,24?/m1/s1. The summed E-state index contributed by atoms with van der Waals surface area (Å²) in [6, 6.07) is 15.7. The first-order chi connectivity index (χ1) is 16.6. The maximum Gasteiger partial charge on any atom is 0.407 e. The van der Waals surface area contributed by atoms with E-state index in [0.29, 0.717) is 6.42 Å². The number of benzene rings is 2. The van der Waals surface area contributed by atoms with Gasteiger partial charge in [-0.05, 0) is 74.9 Å². The Hall–Kier alpha value is -3.61. The predicted molar refractivity (Wildman–Crippen MR) is 136 cm³/mol. The van der Waals surface area contributed by atoms with Gasteiger partial charge in [0.2, 0.25) is 5.91 Å². The van der Waals surface area contributed by atoms with Gasteiger partial charge in [-0.2, -0.15) is 0 Å². The first-order valence-electron chi connectivity index (χ1n) is 11.9. The highest BCUT2D eigenvalue weighted by atomic mass is 16.6. The Morgan fingerprint density at radius 1 is 1.03 bits per heavy atom. The molecule has 0 aromatic heterocycles. The minimum Gasteiger partial charge on any atom is -0.466 e. The van der Waals surface area contributed by atoms with Gasteiger partial charge in [0.1, 0.15) is 5.60 Å². The molecule has 7 heteroatoms. The fraction of sp³-hybridized carbons (Fsp3) is 0.393. The Bertz CT molecular complexity index is 1050. The van der Waals surface area contributed by atoms with Crippen LogP contribution >= 0.6 is 0 Å². The summed E-state index contributed by atoms with van der Waals surface area (Å²) in [6.45, 7) is 5.53. The Kier molecular flexibility index (Phi) is 8.68. The van der Waals surface area contributed by atoms with Gasteiger partial charge in [-0.25, -0.2) is 9.59 Å². The number of esters is 1. The highest BCUT2D eigenvalue weighted by Crippen LogP contribution is 2.41. The van der Waals surface area contributed by atoms with E-state index >= 15 is 0 Å². The van der Waals surface area contributed by atoms with Crippen molar-refractivity contribution in [3.63, 3.8) is 0 Å². The second kappa shape index (κ2) is 11.7. The van der Waals surface area contributed by atoms with Gasteiger partial charge in [-0.1, -0.05) is 36.4 Å². The molecule has 2 atom stereocenters. The smallest absolute Gasteiger partial charge is 0.407 e. The van der Waals surface area contributed by atoms with Gasteiger partial charge in [0.15, 0.2) is 0 Å². The van der Waals surface area contributed by atoms with E-state index in [1.165, 1.54) is 13.2 Å². The lowest BCUT2D eigenvalue weighted by atomic mass is 10.1. The summed E-state index contributed by atoms with van der Waals surface area (Å²) in [5.74, 6) is -0.137. The van der Waals surface area contributed by atoms with Crippen molar-refractivity contribution in [3.8, 4) is 0 Å². The van der Waals surface area contributed by atoms with Gasteiger partial charge in [0.25, 0.3) is 0 Å². The van der Waals surface area contributed by atoms with Crippen molar-refractivity contribution >= 4 is 29.7 Å². The van der Waals surface area contributed by atoms with Crippen molar-refractivity contribution in [2.24, 2.45) is 0 Å². The third kappa shape index (κ3) is 8.92. The number of hydrogen-bond donors (Lipinski definition) is 2. The second-order valence-corrected chi connectivity index (χ2v) is 9.72. The number of amides is 2. The van der Waals surface area contributed by atoms with Crippen LogP contribution in [0.15, 0.2) is 54.6 Å². The summed E-state index contributed by atoms with van der Waals surface area (Å²) < 4.78 is 9.89. The van der Waals surface area contributed by atoms with Crippen LogP contribution in [0.3, 0.4) is 0 Å². The molecule has 0 saturated heterocycles. The minimum atomic E-state index is -0.511. The zero-order chi connectivity index (χ0) is 25.4. The molecule has 0 spiro atoms. The molecular formula is C28H34N2O5. The third-order valence-electron chi connectivity index (χ3n) is 5.58. The molecule has 1 saturated carbocycles. The fourth-order valence-corrected chi connectivity index (χ4v) is 3.70. The van der Waals surface area contributed by atoms with Gasteiger partial charge >= 0.3 is 12.1 Å². The van der Waals surface area contributed by atoms with E-state index in [1.807, 2.05) is 69.3 Å². The lowest BCUT2D eigenvalue weighted by Crippen LogP contribution is -2.34. The van der Waals surface area contributed by atoms with Gasteiger partial charge in [-0.3, -0.25) is 4.79 Å². The molecule has 0 radical (unpaired) electrons. The molecular weight excluding hydrogens is 444 g/mol. The van der Waals surface area contributed by atoms with Crippen LogP contribution in [0.5, 0.6) is 0 Å². The van der Waals surface area contributed by atoms with E-state index < -0.39 is 5.60 Å². The molecule has 1 unspecified atom stereocenters. The van der Waals surface area contributed by atoms with Crippen molar-refractivity contribution in [1.82, 2.24) is 5.32 Å². The topological polar surface area (TPSA) is 93.7 Å². The lowest BCUT2D eigenvalue weighted by molar-refractivity contribution is -0.134. The molecule has 1 aliphatic carbocycles. The van der Waals surface area contributed by atoms with Crippen LogP contribution < -0.4 is 10.6 Å². The molecule has 2 amide bonds. The van der Waals surface area contributed by atoms with Gasteiger partial charge in [-0.15, -0.1) is 0 Å². The van der Waals surface area contributed by atoms with E-state index in [-0.39, 0.29) is 29.9 Å². The number of carbonyl (C=O) groups excluding carboxylic acids is 3. The highest BCUT2D eigenvalue weighted by molar-refractivity contribution is 5.90. The number of carbonyl (C=O) groups is 3. The molecule has 0 heterocycles. The summed E-state index contributed by atoms with van der Waals surface area (Å²) in [5, 5.41) is 5.85. The van der Waals surface area contributed by atoms with Gasteiger partial charge in [0, 0.05) is 30.1 Å². The predicted octanol–water partition coefficient (Wildman–Crippen LogP) is 5.21. The molecule has 0 aliphatic heterocycles. The molecule has 1 fully saturated rings. The molecule has 2 aromatic carbocycles. The van der Waals surface area contributed by atoms with Crippen molar-refractivity contribution in [2.75, 3.05) is 12.4 Å². The summed E-state index contributed by atoms with van der Waals surface area (Å²) in [7, 11) is 1.35. The number of anilines is 1. The van der Waals surface area contributed by atoms with Crippen LogP contribution in [-0.4, -0.2) is 36.7 Å². The van der Waals surface area contributed by atoms with Crippen LogP contribution in [-0.2, 0) is 25.5 Å². The molecule has 2 aromatic rings. The lowest BCUT2D eigenvalue weighted by Gasteiger charge is -2.19. The van der Waals surface area contributed by atoms with Crippen molar-refractivity contribution in [2.45, 2.75) is 64.0 Å². The number of methoxy groups -OCH3 is 1. The van der Waals surface area contributed by atoms with Crippen molar-refractivity contribution < 1.29 is 23.9 Å². The van der Waals surface area contributed by atoms with E-state index in [1.54, 1.807) is 6.08 Å². The number of rotatable bonds is 9. The van der Waals surface area contributed by atoms with E-state index in [9.17, 15) is 14.4 Å². The Labute approximate surface area is 206 Å². The monoisotopic (exact) mass is 478 g/mol. The van der Waals surface area contributed by atoms with E-state index in [4.69, 9.17) is 4.74 Å². The Balaban J connectivity index is 1.37. The van der Waals surface area contributed by atoms with Crippen molar-refractivity contribution in [3.05, 3.63) is 71.3 Å². The first-order valence-corrected chi connectivity index (χ1v) is 11.9.